The molecule has 0 unspecified atom stereocenters. The van der Waals surface area contributed by atoms with Gasteiger partial charge in [0.1, 0.15) is 0 Å². The lowest BCUT2D eigenvalue weighted by atomic mass is 9.91. The van der Waals surface area contributed by atoms with Gasteiger partial charge in [0.25, 0.3) is 5.91 Å². The lowest BCUT2D eigenvalue weighted by molar-refractivity contribution is -0.132. The van der Waals surface area contributed by atoms with Crippen LogP contribution in [-0.4, -0.2) is 56.0 Å². The molecule has 1 aliphatic heterocycles. The smallest absolute Gasteiger partial charge is 0.253 e. The van der Waals surface area contributed by atoms with Gasteiger partial charge in [-0.1, -0.05) is 11.2 Å². The summed E-state index contributed by atoms with van der Waals surface area (Å²) in [5.41, 5.74) is 1.34. The van der Waals surface area contributed by atoms with Gasteiger partial charge in [-0.2, -0.15) is 4.98 Å². The van der Waals surface area contributed by atoms with Gasteiger partial charge in [0.15, 0.2) is 5.82 Å². The maximum Gasteiger partial charge on any atom is 0.253 e. The van der Waals surface area contributed by atoms with Crippen LogP contribution in [0.4, 0.5) is 0 Å². The normalized spacial score (nSPS) is 18.8. The summed E-state index contributed by atoms with van der Waals surface area (Å²) in [6, 6.07) is 6.88. The third kappa shape index (κ3) is 4.51. The van der Waals surface area contributed by atoms with E-state index in [9.17, 15) is 9.59 Å². The first kappa shape index (κ1) is 19.7. The van der Waals surface area contributed by atoms with Crippen molar-refractivity contribution in [1.82, 2.24) is 30.3 Å². The Hall–Kier alpha value is -3.62. The molecule has 2 atom stereocenters. The van der Waals surface area contributed by atoms with Crippen molar-refractivity contribution in [2.24, 2.45) is 0 Å². The molecule has 9 heteroatoms. The molecule has 4 rings (SSSR count). The topological polar surface area (TPSA) is 114 Å². The predicted octanol–water partition coefficient (Wildman–Crippen LogP) is 1.53. The zero-order valence-corrected chi connectivity index (χ0v) is 16.6. The molecule has 1 aliphatic rings. The van der Waals surface area contributed by atoms with Gasteiger partial charge in [0.05, 0.1) is 17.9 Å². The Labute approximate surface area is 173 Å². The van der Waals surface area contributed by atoms with Crippen molar-refractivity contribution in [3.05, 3.63) is 71.9 Å². The molecule has 0 bridgehead atoms. The Bertz CT molecular complexity index is 1010. The molecular formula is C21H22N6O3. The molecule has 0 saturated carbocycles. The Morgan fingerprint density at radius 3 is 2.67 bits per heavy atom. The molecule has 3 aromatic rings. The minimum Gasteiger partial charge on any atom is -0.348 e. The van der Waals surface area contributed by atoms with Gasteiger partial charge in [0, 0.05) is 43.9 Å². The van der Waals surface area contributed by atoms with Gasteiger partial charge >= 0.3 is 0 Å². The molecule has 1 N–H and O–H groups in total. The molecule has 154 valence electrons. The van der Waals surface area contributed by atoms with Gasteiger partial charge in [-0.15, -0.1) is 0 Å². The molecule has 9 nitrogen and oxygen atoms in total. The summed E-state index contributed by atoms with van der Waals surface area (Å²) in [5, 5.41) is 6.93. The van der Waals surface area contributed by atoms with E-state index >= 15 is 0 Å². The van der Waals surface area contributed by atoms with Crippen molar-refractivity contribution in [1.29, 1.82) is 0 Å². The molecule has 0 spiro atoms. The minimum absolute atomic E-state index is 0.00118. The van der Waals surface area contributed by atoms with Crippen molar-refractivity contribution >= 4 is 11.8 Å². The molecule has 30 heavy (non-hydrogen) atoms. The van der Waals surface area contributed by atoms with E-state index in [1.54, 1.807) is 42.5 Å². The van der Waals surface area contributed by atoms with E-state index in [1.165, 1.54) is 6.20 Å². The van der Waals surface area contributed by atoms with Crippen LogP contribution >= 0.6 is 0 Å². The van der Waals surface area contributed by atoms with Crippen LogP contribution in [0.1, 0.15) is 40.0 Å². The molecule has 3 aromatic heterocycles. The van der Waals surface area contributed by atoms with E-state index in [1.807, 2.05) is 12.1 Å². The van der Waals surface area contributed by atoms with E-state index < -0.39 is 0 Å². The van der Waals surface area contributed by atoms with Crippen molar-refractivity contribution in [3.63, 3.8) is 0 Å². The number of hydrogen-bond donors (Lipinski definition) is 1. The van der Waals surface area contributed by atoms with E-state index in [0.29, 0.717) is 36.8 Å². The number of hydrogen-bond acceptors (Lipinski definition) is 7. The fourth-order valence-corrected chi connectivity index (χ4v) is 3.60. The second-order valence-electron chi connectivity index (χ2n) is 7.27. The molecule has 4 heterocycles. The van der Waals surface area contributed by atoms with Crippen molar-refractivity contribution < 1.29 is 14.1 Å². The SMILES string of the molecule is Cc1noc([C@H]2CN(C(=O)Cc3cccnc3)CC[C@H]2NC(=O)c2cccnc2)n1. The highest BCUT2D eigenvalue weighted by Crippen LogP contribution is 2.27. The van der Waals surface area contributed by atoms with E-state index in [0.717, 1.165) is 5.56 Å². The number of nitrogens with zero attached hydrogens (tertiary/aromatic N) is 5. The number of aromatic nitrogens is 4. The van der Waals surface area contributed by atoms with Crippen LogP contribution in [0.3, 0.4) is 0 Å². The standard InChI is InChI=1S/C21H22N6O3/c1-14-24-21(30-26-14)17-13-27(19(28)10-15-4-2-7-22-11-15)9-6-18(17)25-20(29)16-5-3-8-23-12-16/h2-5,7-8,11-12,17-18H,6,9-10,13H2,1H3,(H,25,29)/t17-,18+/m0/s1. The average Bonchev–Trinajstić information content (AvgIpc) is 3.21. The first-order valence-corrected chi connectivity index (χ1v) is 9.78. The van der Waals surface area contributed by atoms with Gasteiger partial charge in [-0.05, 0) is 37.1 Å². The van der Waals surface area contributed by atoms with Crippen molar-refractivity contribution in [3.8, 4) is 0 Å². The van der Waals surface area contributed by atoms with Crippen molar-refractivity contribution in [2.75, 3.05) is 13.1 Å². The monoisotopic (exact) mass is 406 g/mol. The number of nitrogens with one attached hydrogen (secondary N) is 1. The average molecular weight is 406 g/mol. The van der Waals surface area contributed by atoms with Gasteiger partial charge in [-0.25, -0.2) is 0 Å². The number of rotatable bonds is 5. The predicted molar refractivity (Wildman–Crippen MR) is 106 cm³/mol. The summed E-state index contributed by atoms with van der Waals surface area (Å²) in [4.78, 5) is 39.7. The van der Waals surface area contributed by atoms with E-state index in [4.69, 9.17) is 4.52 Å². The molecule has 1 fully saturated rings. The number of amides is 2. The number of piperidine rings is 1. The zero-order chi connectivity index (χ0) is 20.9. The first-order valence-electron chi connectivity index (χ1n) is 9.78. The van der Waals surface area contributed by atoms with Gasteiger partial charge < -0.3 is 14.7 Å². The number of carbonyl (C=O) groups excluding carboxylic acids is 2. The van der Waals surface area contributed by atoms with Crippen LogP contribution < -0.4 is 5.32 Å². The van der Waals surface area contributed by atoms with Gasteiger partial charge in [0.2, 0.25) is 11.8 Å². The second-order valence-corrected chi connectivity index (χ2v) is 7.27. The van der Waals surface area contributed by atoms with E-state index in [-0.39, 0.29) is 30.2 Å². The molecule has 0 aliphatic carbocycles. The second kappa shape index (κ2) is 8.81. The van der Waals surface area contributed by atoms with E-state index in [2.05, 4.69) is 25.4 Å². The number of aryl methyl sites for hydroxylation is 1. The lowest BCUT2D eigenvalue weighted by Crippen LogP contribution is -2.51. The maximum absolute atomic E-state index is 12.8. The summed E-state index contributed by atoms with van der Waals surface area (Å²) in [5.74, 6) is 0.424. The summed E-state index contributed by atoms with van der Waals surface area (Å²) in [7, 11) is 0. The fraction of sp³-hybridized carbons (Fsp3) is 0.333. The van der Waals surface area contributed by atoms with Crippen molar-refractivity contribution in [2.45, 2.75) is 31.7 Å². The highest BCUT2D eigenvalue weighted by molar-refractivity contribution is 5.94. The molecular weight excluding hydrogens is 384 g/mol. The van der Waals surface area contributed by atoms with Crippen LogP contribution in [-0.2, 0) is 11.2 Å². The number of pyridine rings is 2. The quantitative estimate of drug-likeness (QED) is 0.683. The van der Waals surface area contributed by atoms with Crippen LogP contribution in [0.5, 0.6) is 0 Å². The first-order chi connectivity index (χ1) is 14.6. The number of carbonyl (C=O) groups is 2. The minimum atomic E-state index is -0.293. The summed E-state index contributed by atoms with van der Waals surface area (Å²) >= 11 is 0. The van der Waals surface area contributed by atoms with Gasteiger partial charge in [-0.3, -0.25) is 19.6 Å². The Balaban J connectivity index is 1.49. The molecule has 2 amide bonds. The third-order valence-corrected chi connectivity index (χ3v) is 5.14. The van der Waals surface area contributed by atoms with Crippen LogP contribution in [0, 0.1) is 6.92 Å². The highest BCUT2D eigenvalue weighted by Gasteiger charge is 2.36. The molecule has 1 saturated heterocycles. The van der Waals surface area contributed by atoms with Crippen LogP contribution in [0.2, 0.25) is 0 Å². The third-order valence-electron chi connectivity index (χ3n) is 5.14. The zero-order valence-electron chi connectivity index (χ0n) is 16.6. The maximum atomic E-state index is 12.8. The summed E-state index contributed by atoms with van der Waals surface area (Å²) < 4.78 is 5.39. The fourth-order valence-electron chi connectivity index (χ4n) is 3.60. The Morgan fingerprint density at radius 1 is 1.20 bits per heavy atom. The Kier molecular flexibility index (Phi) is 5.78. The summed E-state index contributed by atoms with van der Waals surface area (Å²) in [6.07, 6.45) is 7.36. The molecule has 0 aromatic carbocycles. The molecule has 0 radical (unpaired) electrons. The number of likely N-dealkylation sites (tertiary alicyclic amines) is 1. The summed E-state index contributed by atoms with van der Waals surface area (Å²) in [6.45, 7) is 2.66. The van der Waals surface area contributed by atoms with Crippen LogP contribution in [0.25, 0.3) is 0 Å². The van der Waals surface area contributed by atoms with Crippen LogP contribution in [0.15, 0.2) is 53.6 Å². The lowest BCUT2D eigenvalue weighted by Gasteiger charge is -2.37. The highest BCUT2D eigenvalue weighted by atomic mass is 16.5. The largest absolute Gasteiger partial charge is 0.348 e. The Morgan fingerprint density at radius 2 is 2.00 bits per heavy atom.